The van der Waals surface area contributed by atoms with Gasteiger partial charge < -0.3 is 4.42 Å². The first-order valence-corrected chi connectivity index (χ1v) is 7.94. The molecular weight excluding hydrogens is 296 g/mol. The van der Waals surface area contributed by atoms with Crippen molar-refractivity contribution in [1.29, 1.82) is 0 Å². The van der Waals surface area contributed by atoms with E-state index >= 15 is 0 Å². The van der Waals surface area contributed by atoms with E-state index in [9.17, 15) is 4.79 Å². The number of thiazole rings is 1. The molecule has 0 fully saturated rings. The Bertz CT molecular complexity index is 890. The van der Waals surface area contributed by atoms with E-state index < -0.39 is 0 Å². The van der Waals surface area contributed by atoms with Crippen molar-refractivity contribution in [2.75, 3.05) is 5.32 Å². The Morgan fingerprint density at radius 1 is 1.14 bits per heavy atom. The summed E-state index contributed by atoms with van der Waals surface area (Å²) >= 11 is 1.49. The van der Waals surface area contributed by atoms with Crippen LogP contribution in [-0.4, -0.2) is 10.9 Å². The molecule has 114 valence electrons. The Balaban J connectivity index is 1.96. The molecule has 0 saturated carbocycles. The van der Waals surface area contributed by atoms with Crippen molar-refractivity contribution in [2.45, 2.75) is 34.6 Å². The molecule has 1 amide bonds. The van der Waals surface area contributed by atoms with Gasteiger partial charge in [0.25, 0.3) is 5.91 Å². The van der Waals surface area contributed by atoms with Gasteiger partial charge in [-0.3, -0.25) is 10.1 Å². The topological polar surface area (TPSA) is 55.1 Å². The molecule has 0 radical (unpaired) electrons. The van der Waals surface area contributed by atoms with Crippen LogP contribution >= 0.6 is 11.3 Å². The Morgan fingerprint density at radius 3 is 2.50 bits per heavy atom. The van der Waals surface area contributed by atoms with Gasteiger partial charge in [0, 0.05) is 5.56 Å². The van der Waals surface area contributed by atoms with Crippen LogP contribution in [0.2, 0.25) is 0 Å². The predicted octanol–water partition coefficient (Wildman–Crippen LogP) is 4.68. The van der Waals surface area contributed by atoms with Gasteiger partial charge in [-0.25, -0.2) is 4.98 Å². The van der Waals surface area contributed by atoms with E-state index in [4.69, 9.17) is 4.42 Å². The summed E-state index contributed by atoms with van der Waals surface area (Å²) in [5.74, 6) is 1.25. The van der Waals surface area contributed by atoms with E-state index in [0.717, 1.165) is 27.1 Å². The first-order valence-electron chi connectivity index (χ1n) is 7.12. The zero-order chi connectivity index (χ0) is 16.0. The molecule has 2 heterocycles. The molecule has 0 spiro atoms. The zero-order valence-electron chi connectivity index (χ0n) is 13.3. The minimum atomic E-state index is -0.166. The summed E-state index contributed by atoms with van der Waals surface area (Å²) in [5, 5.41) is 3.51. The van der Waals surface area contributed by atoms with Gasteiger partial charge in [0.15, 0.2) is 5.13 Å². The monoisotopic (exact) mass is 314 g/mol. The maximum absolute atomic E-state index is 12.5. The number of carbonyl (C=O) groups is 1. The molecule has 4 nitrogen and oxygen atoms in total. The number of benzene rings is 1. The number of fused-ring (bicyclic) bond motifs is 1. The normalized spacial score (nSPS) is 11.1. The molecule has 3 rings (SSSR count). The van der Waals surface area contributed by atoms with Crippen LogP contribution in [0.15, 0.2) is 16.5 Å². The smallest absolute Gasteiger partial charge is 0.261 e. The van der Waals surface area contributed by atoms with Crippen molar-refractivity contribution >= 4 is 32.6 Å². The van der Waals surface area contributed by atoms with Gasteiger partial charge in [-0.05, 0) is 51.8 Å². The molecule has 0 aliphatic rings. The van der Waals surface area contributed by atoms with E-state index in [2.05, 4.69) is 29.4 Å². The maximum Gasteiger partial charge on any atom is 0.261 e. The third kappa shape index (κ3) is 2.41. The highest BCUT2D eigenvalue weighted by Crippen LogP contribution is 2.30. The lowest BCUT2D eigenvalue weighted by atomic mass is 10.1. The number of hydrogen-bond acceptors (Lipinski definition) is 4. The van der Waals surface area contributed by atoms with Crippen LogP contribution in [0.25, 0.3) is 10.2 Å². The van der Waals surface area contributed by atoms with E-state index in [-0.39, 0.29) is 5.91 Å². The van der Waals surface area contributed by atoms with Gasteiger partial charge in [-0.1, -0.05) is 17.4 Å². The number of aromatic nitrogens is 1. The van der Waals surface area contributed by atoms with E-state index in [0.29, 0.717) is 16.5 Å². The SMILES string of the molecule is Cc1cc(C)c2nc(NC(=O)c3c(C)oc(C)c3C)sc2c1. The number of anilines is 1. The minimum absolute atomic E-state index is 0.166. The highest BCUT2D eigenvalue weighted by molar-refractivity contribution is 7.22. The third-order valence-electron chi connectivity index (χ3n) is 3.84. The summed E-state index contributed by atoms with van der Waals surface area (Å²) in [6.07, 6.45) is 0. The van der Waals surface area contributed by atoms with E-state index in [1.165, 1.54) is 16.9 Å². The van der Waals surface area contributed by atoms with Gasteiger partial charge >= 0.3 is 0 Å². The number of furan rings is 1. The summed E-state index contributed by atoms with van der Waals surface area (Å²) < 4.78 is 6.61. The lowest BCUT2D eigenvalue weighted by Gasteiger charge is -2.01. The molecule has 1 aromatic carbocycles. The van der Waals surface area contributed by atoms with Crippen LogP contribution in [0, 0.1) is 34.6 Å². The van der Waals surface area contributed by atoms with Crippen LogP contribution in [-0.2, 0) is 0 Å². The summed E-state index contributed by atoms with van der Waals surface area (Å²) in [4.78, 5) is 17.0. The fourth-order valence-corrected chi connectivity index (χ4v) is 3.75. The minimum Gasteiger partial charge on any atom is -0.466 e. The Labute approximate surface area is 133 Å². The summed E-state index contributed by atoms with van der Waals surface area (Å²) in [6, 6.07) is 4.19. The van der Waals surface area contributed by atoms with Gasteiger partial charge in [0.1, 0.15) is 11.5 Å². The van der Waals surface area contributed by atoms with Crippen LogP contribution in [0.5, 0.6) is 0 Å². The molecule has 0 atom stereocenters. The molecule has 0 aliphatic carbocycles. The molecule has 22 heavy (non-hydrogen) atoms. The summed E-state index contributed by atoms with van der Waals surface area (Å²) in [5.41, 5.74) is 4.75. The maximum atomic E-state index is 12.5. The number of amides is 1. The van der Waals surface area contributed by atoms with Crippen molar-refractivity contribution in [2.24, 2.45) is 0 Å². The Kier molecular flexibility index (Phi) is 3.53. The molecule has 3 aromatic rings. The third-order valence-corrected chi connectivity index (χ3v) is 4.76. The predicted molar refractivity (Wildman–Crippen MR) is 90.0 cm³/mol. The standard InChI is InChI=1S/C17H18N2O2S/c1-8-6-9(2)15-13(7-8)22-17(18-15)19-16(20)14-10(3)11(4)21-12(14)5/h6-7H,1-5H3,(H,18,19,20). The average molecular weight is 314 g/mol. The second kappa shape index (κ2) is 5.25. The first-order chi connectivity index (χ1) is 10.4. The lowest BCUT2D eigenvalue weighted by molar-refractivity contribution is 0.102. The molecule has 0 saturated heterocycles. The second-order valence-corrected chi connectivity index (χ2v) is 6.65. The molecule has 0 bridgehead atoms. The van der Waals surface area contributed by atoms with Crippen molar-refractivity contribution < 1.29 is 9.21 Å². The van der Waals surface area contributed by atoms with Gasteiger partial charge in [0.05, 0.1) is 15.8 Å². The Morgan fingerprint density at radius 2 is 1.86 bits per heavy atom. The molecular formula is C17H18N2O2S. The van der Waals surface area contributed by atoms with Crippen LogP contribution in [0.4, 0.5) is 5.13 Å². The number of carbonyl (C=O) groups excluding carboxylic acids is 1. The molecule has 0 unspecified atom stereocenters. The fraction of sp³-hybridized carbons (Fsp3) is 0.294. The van der Waals surface area contributed by atoms with Crippen molar-refractivity contribution in [3.8, 4) is 0 Å². The molecule has 5 heteroatoms. The summed E-state index contributed by atoms with van der Waals surface area (Å²) in [6.45, 7) is 9.66. The van der Waals surface area contributed by atoms with Crippen LogP contribution in [0.3, 0.4) is 0 Å². The highest BCUT2D eigenvalue weighted by Gasteiger charge is 2.20. The quantitative estimate of drug-likeness (QED) is 0.747. The van der Waals surface area contributed by atoms with E-state index in [1.54, 1.807) is 6.92 Å². The van der Waals surface area contributed by atoms with Crippen molar-refractivity contribution in [1.82, 2.24) is 4.98 Å². The molecule has 1 N–H and O–H groups in total. The number of nitrogens with one attached hydrogen (secondary N) is 1. The zero-order valence-corrected chi connectivity index (χ0v) is 14.1. The highest BCUT2D eigenvalue weighted by atomic mass is 32.1. The molecule has 2 aromatic heterocycles. The second-order valence-electron chi connectivity index (χ2n) is 5.62. The fourth-order valence-electron chi connectivity index (χ4n) is 2.71. The van der Waals surface area contributed by atoms with Gasteiger partial charge in [-0.15, -0.1) is 0 Å². The van der Waals surface area contributed by atoms with Crippen molar-refractivity contribution in [3.05, 3.63) is 45.9 Å². The molecule has 0 aliphatic heterocycles. The average Bonchev–Trinajstić information content (AvgIpc) is 2.91. The van der Waals surface area contributed by atoms with Gasteiger partial charge in [0.2, 0.25) is 0 Å². The number of hydrogen-bond donors (Lipinski definition) is 1. The summed E-state index contributed by atoms with van der Waals surface area (Å²) in [7, 11) is 0. The van der Waals surface area contributed by atoms with Crippen LogP contribution < -0.4 is 5.32 Å². The number of aryl methyl sites for hydroxylation is 4. The lowest BCUT2D eigenvalue weighted by Crippen LogP contribution is -2.13. The Hall–Kier alpha value is -2.14. The van der Waals surface area contributed by atoms with E-state index in [1.807, 2.05) is 20.8 Å². The largest absolute Gasteiger partial charge is 0.466 e. The van der Waals surface area contributed by atoms with Crippen LogP contribution in [0.1, 0.15) is 38.6 Å². The number of rotatable bonds is 2. The van der Waals surface area contributed by atoms with Crippen molar-refractivity contribution in [3.63, 3.8) is 0 Å². The van der Waals surface area contributed by atoms with Gasteiger partial charge in [-0.2, -0.15) is 0 Å². The number of nitrogens with zero attached hydrogens (tertiary/aromatic N) is 1. The first kappa shape index (κ1) is 14.8.